The standard InChI is InChI=1S/C56H104O6/c1-4-7-10-13-16-19-22-25-27-29-31-34-37-40-43-46-49-55(58)61-52-53(51-60-54(57)48-45-42-39-36-33-30-24-21-18-15-12-9-6-3)62-56(59)50-47-44-41-38-35-32-28-26-23-20-17-14-11-8-5-2/h21,24,27,29,53H,4-20,22-23,25-26,28,30-52H2,1-3H3/b24-21-,29-27-. The van der Waals surface area contributed by atoms with Gasteiger partial charge in [0.15, 0.2) is 6.10 Å². The number of hydrogen-bond acceptors (Lipinski definition) is 6. The molecule has 0 spiro atoms. The topological polar surface area (TPSA) is 78.9 Å². The molecular formula is C56H104O6. The monoisotopic (exact) mass is 873 g/mol. The Bertz CT molecular complexity index is 1000. The summed E-state index contributed by atoms with van der Waals surface area (Å²) in [6.45, 7) is 6.64. The van der Waals surface area contributed by atoms with Crippen LogP contribution in [0.1, 0.15) is 297 Å². The number of esters is 3. The summed E-state index contributed by atoms with van der Waals surface area (Å²) < 4.78 is 16.8. The van der Waals surface area contributed by atoms with Crippen LogP contribution in [0.2, 0.25) is 0 Å². The molecule has 1 atom stereocenters. The van der Waals surface area contributed by atoms with Gasteiger partial charge in [0.1, 0.15) is 13.2 Å². The second-order valence-corrected chi connectivity index (χ2v) is 18.5. The van der Waals surface area contributed by atoms with Crippen LogP contribution >= 0.6 is 0 Å². The number of rotatable bonds is 50. The highest BCUT2D eigenvalue weighted by Gasteiger charge is 2.19. The van der Waals surface area contributed by atoms with Gasteiger partial charge in [-0.05, 0) is 70.6 Å². The van der Waals surface area contributed by atoms with Gasteiger partial charge >= 0.3 is 17.9 Å². The van der Waals surface area contributed by atoms with E-state index in [9.17, 15) is 14.4 Å². The zero-order valence-electron chi connectivity index (χ0n) is 41.7. The van der Waals surface area contributed by atoms with Crippen molar-refractivity contribution >= 4 is 17.9 Å². The van der Waals surface area contributed by atoms with E-state index < -0.39 is 6.10 Å². The maximum Gasteiger partial charge on any atom is 0.306 e. The third-order valence-electron chi connectivity index (χ3n) is 12.2. The van der Waals surface area contributed by atoms with Gasteiger partial charge in [-0.15, -0.1) is 0 Å². The van der Waals surface area contributed by atoms with E-state index in [0.29, 0.717) is 19.3 Å². The molecule has 1 unspecified atom stereocenters. The van der Waals surface area contributed by atoms with Crippen LogP contribution in [0.5, 0.6) is 0 Å². The first-order valence-electron chi connectivity index (χ1n) is 27.3. The van der Waals surface area contributed by atoms with Crippen LogP contribution in [0, 0.1) is 0 Å². The van der Waals surface area contributed by atoms with Crippen molar-refractivity contribution in [3.05, 3.63) is 24.3 Å². The number of carbonyl (C=O) groups is 3. The van der Waals surface area contributed by atoms with Gasteiger partial charge in [0, 0.05) is 19.3 Å². The Morgan fingerprint density at radius 3 is 0.823 bits per heavy atom. The van der Waals surface area contributed by atoms with Gasteiger partial charge in [0.2, 0.25) is 0 Å². The molecular weight excluding hydrogens is 769 g/mol. The molecule has 0 radical (unpaired) electrons. The van der Waals surface area contributed by atoms with E-state index in [1.165, 1.54) is 186 Å². The van der Waals surface area contributed by atoms with Gasteiger partial charge < -0.3 is 14.2 Å². The zero-order valence-corrected chi connectivity index (χ0v) is 41.7. The van der Waals surface area contributed by atoms with E-state index in [0.717, 1.165) is 70.6 Å². The Labute approximate surface area is 385 Å². The fraction of sp³-hybridized carbons (Fsp3) is 0.875. The molecule has 6 heteroatoms. The minimum Gasteiger partial charge on any atom is -0.462 e. The van der Waals surface area contributed by atoms with E-state index in [-0.39, 0.29) is 31.1 Å². The van der Waals surface area contributed by atoms with E-state index in [4.69, 9.17) is 14.2 Å². The van der Waals surface area contributed by atoms with Crippen LogP contribution in [0.3, 0.4) is 0 Å². The normalized spacial score (nSPS) is 12.1. The van der Waals surface area contributed by atoms with Gasteiger partial charge in [-0.2, -0.15) is 0 Å². The van der Waals surface area contributed by atoms with Crippen LogP contribution in [0.25, 0.3) is 0 Å². The summed E-state index contributed by atoms with van der Waals surface area (Å²) in [5, 5.41) is 0. The fourth-order valence-corrected chi connectivity index (χ4v) is 8.02. The van der Waals surface area contributed by atoms with Gasteiger partial charge in [-0.25, -0.2) is 0 Å². The van der Waals surface area contributed by atoms with Crippen molar-refractivity contribution in [2.24, 2.45) is 0 Å². The van der Waals surface area contributed by atoms with Crippen molar-refractivity contribution in [2.75, 3.05) is 13.2 Å². The molecule has 0 bridgehead atoms. The highest BCUT2D eigenvalue weighted by Crippen LogP contribution is 2.16. The lowest BCUT2D eigenvalue weighted by atomic mass is 10.0. The predicted molar refractivity (Wildman–Crippen MR) is 266 cm³/mol. The Morgan fingerprint density at radius 1 is 0.306 bits per heavy atom. The molecule has 0 amide bonds. The Morgan fingerprint density at radius 2 is 0.532 bits per heavy atom. The number of carbonyl (C=O) groups excluding carboxylic acids is 3. The highest BCUT2D eigenvalue weighted by molar-refractivity contribution is 5.71. The molecule has 0 aliphatic heterocycles. The fourth-order valence-electron chi connectivity index (χ4n) is 8.02. The van der Waals surface area contributed by atoms with E-state index in [1.807, 2.05) is 0 Å². The molecule has 0 aromatic carbocycles. The minimum absolute atomic E-state index is 0.0743. The van der Waals surface area contributed by atoms with Gasteiger partial charge in [0.25, 0.3) is 0 Å². The van der Waals surface area contributed by atoms with Crippen molar-refractivity contribution in [1.82, 2.24) is 0 Å². The summed E-state index contributed by atoms with van der Waals surface area (Å²) in [5.41, 5.74) is 0. The van der Waals surface area contributed by atoms with Crippen molar-refractivity contribution in [2.45, 2.75) is 303 Å². The molecule has 0 N–H and O–H groups in total. The molecule has 62 heavy (non-hydrogen) atoms. The summed E-state index contributed by atoms with van der Waals surface area (Å²) in [6, 6.07) is 0. The lowest BCUT2D eigenvalue weighted by molar-refractivity contribution is -0.167. The molecule has 6 nitrogen and oxygen atoms in total. The van der Waals surface area contributed by atoms with E-state index in [2.05, 4.69) is 45.1 Å². The average Bonchev–Trinajstić information content (AvgIpc) is 3.27. The number of hydrogen-bond donors (Lipinski definition) is 0. The Kier molecular flexibility index (Phi) is 49.8. The first-order valence-corrected chi connectivity index (χ1v) is 27.3. The smallest absolute Gasteiger partial charge is 0.306 e. The summed E-state index contributed by atoms with van der Waals surface area (Å²) >= 11 is 0. The molecule has 0 aliphatic rings. The minimum atomic E-state index is -0.773. The highest BCUT2D eigenvalue weighted by atomic mass is 16.6. The number of unbranched alkanes of at least 4 members (excludes halogenated alkanes) is 35. The summed E-state index contributed by atoms with van der Waals surface area (Å²) in [7, 11) is 0. The molecule has 364 valence electrons. The number of ether oxygens (including phenoxy) is 3. The van der Waals surface area contributed by atoms with Crippen LogP contribution < -0.4 is 0 Å². The van der Waals surface area contributed by atoms with E-state index >= 15 is 0 Å². The van der Waals surface area contributed by atoms with E-state index in [1.54, 1.807) is 0 Å². The van der Waals surface area contributed by atoms with Gasteiger partial charge in [0.05, 0.1) is 0 Å². The predicted octanol–water partition coefficient (Wildman–Crippen LogP) is 17.9. The maximum absolute atomic E-state index is 12.8. The van der Waals surface area contributed by atoms with Crippen molar-refractivity contribution in [3.63, 3.8) is 0 Å². The second-order valence-electron chi connectivity index (χ2n) is 18.5. The molecule has 0 aromatic rings. The third-order valence-corrected chi connectivity index (χ3v) is 12.2. The SMILES string of the molecule is CCCCCC/C=C\CCCCCCCC(=O)OCC(COC(=O)CCCCCCC/C=C\CCCCCCCCC)OC(=O)CCCCCCCCCCCCCCCCC. The Hall–Kier alpha value is -2.11. The molecule has 0 heterocycles. The van der Waals surface area contributed by atoms with Gasteiger partial charge in [-0.3, -0.25) is 14.4 Å². The molecule has 0 rings (SSSR count). The summed E-state index contributed by atoms with van der Waals surface area (Å²) in [6.07, 6.45) is 58.7. The van der Waals surface area contributed by atoms with Crippen LogP contribution in [0.4, 0.5) is 0 Å². The first kappa shape index (κ1) is 59.9. The van der Waals surface area contributed by atoms with Crippen molar-refractivity contribution in [3.8, 4) is 0 Å². The first-order chi connectivity index (χ1) is 30.5. The molecule has 0 aliphatic carbocycles. The third kappa shape index (κ3) is 48.9. The van der Waals surface area contributed by atoms with Gasteiger partial charge in [-0.1, -0.05) is 231 Å². The zero-order chi connectivity index (χ0) is 45.1. The lowest BCUT2D eigenvalue weighted by Crippen LogP contribution is -2.30. The lowest BCUT2D eigenvalue weighted by Gasteiger charge is -2.18. The molecule has 0 aromatic heterocycles. The van der Waals surface area contributed by atoms with Crippen molar-refractivity contribution < 1.29 is 28.6 Å². The summed E-state index contributed by atoms with van der Waals surface area (Å²) in [5.74, 6) is -0.874. The molecule has 0 saturated carbocycles. The molecule has 0 saturated heterocycles. The van der Waals surface area contributed by atoms with Crippen molar-refractivity contribution in [1.29, 1.82) is 0 Å². The van der Waals surface area contributed by atoms with Crippen LogP contribution in [-0.4, -0.2) is 37.2 Å². The summed E-state index contributed by atoms with van der Waals surface area (Å²) in [4.78, 5) is 38.0. The Balaban J connectivity index is 4.35. The number of allylic oxidation sites excluding steroid dienone is 4. The maximum atomic E-state index is 12.8. The van der Waals surface area contributed by atoms with Crippen LogP contribution in [0.15, 0.2) is 24.3 Å². The quantitative estimate of drug-likeness (QED) is 0.0262. The largest absolute Gasteiger partial charge is 0.462 e. The van der Waals surface area contributed by atoms with Crippen LogP contribution in [-0.2, 0) is 28.6 Å². The second kappa shape index (κ2) is 51.5. The average molecular weight is 873 g/mol. The molecule has 0 fully saturated rings.